The number of H-pyrrole nitrogens is 1. The zero-order valence-corrected chi connectivity index (χ0v) is 18.5. The minimum absolute atomic E-state index is 0.00310. The van der Waals surface area contributed by atoms with E-state index in [4.69, 9.17) is 4.74 Å². The van der Waals surface area contributed by atoms with Gasteiger partial charge in [0.15, 0.2) is 6.61 Å². The molecule has 0 aliphatic heterocycles. The molecule has 1 heterocycles. The topological polar surface area (TPSA) is 100 Å². The predicted molar refractivity (Wildman–Crippen MR) is 126 cm³/mol. The third-order valence-corrected chi connectivity index (χ3v) is 5.42. The van der Waals surface area contributed by atoms with Crippen molar-refractivity contribution in [1.82, 2.24) is 15.6 Å². The smallest absolute Gasteiger partial charge is 0.261 e. The van der Waals surface area contributed by atoms with Crippen molar-refractivity contribution in [2.75, 3.05) is 13.2 Å². The van der Waals surface area contributed by atoms with E-state index in [0.717, 1.165) is 29.5 Å². The Morgan fingerprint density at radius 3 is 2.55 bits per heavy atom. The van der Waals surface area contributed by atoms with E-state index in [1.165, 1.54) is 0 Å². The minimum Gasteiger partial charge on any atom is -0.484 e. The van der Waals surface area contributed by atoms with Gasteiger partial charge in [0.05, 0.1) is 0 Å². The molecule has 1 aliphatic carbocycles. The lowest BCUT2D eigenvalue weighted by Crippen LogP contribution is -2.31. The SMILES string of the molecule is Cc1cccc(-c2ccc(C(=O)NCCc3ccc(OCC(=O)NC4CC4)cc3)c(=O)[nH]2)c1. The lowest BCUT2D eigenvalue weighted by atomic mass is 10.1. The lowest BCUT2D eigenvalue weighted by Gasteiger charge is -2.09. The van der Waals surface area contributed by atoms with Crippen LogP contribution >= 0.6 is 0 Å². The third kappa shape index (κ3) is 6.32. The largest absolute Gasteiger partial charge is 0.484 e. The molecule has 4 rings (SSSR count). The van der Waals surface area contributed by atoms with Crippen LogP contribution in [-0.4, -0.2) is 36.0 Å². The molecule has 33 heavy (non-hydrogen) atoms. The number of carbonyl (C=O) groups excluding carboxylic acids is 2. The number of pyridine rings is 1. The highest BCUT2D eigenvalue weighted by atomic mass is 16.5. The average molecular weight is 446 g/mol. The van der Waals surface area contributed by atoms with Crippen LogP contribution in [0.15, 0.2) is 65.5 Å². The van der Waals surface area contributed by atoms with Crippen molar-refractivity contribution in [2.24, 2.45) is 0 Å². The zero-order chi connectivity index (χ0) is 23.2. The molecule has 170 valence electrons. The van der Waals surface area contributed by atoms with E-state index >= 15 is 0 Å². The fourth-order valence-corrected chi connectivity index (χ4v) is 3.45. The summed E-state index contributed by atoms with van der Waals surface area (Å²) in [6, 6.07) is 18.8. The van der Waals surface area contributed by atoms with Gasteiger partial charge < -0.3 is 20.4 Å². The van der Waals surface area contributed by atoms with Gasteiger partial charge in [0.2, 0.25) is 0 Å². The van der Waals surface area contributed by atoms with Gasteiger partial charge in [-0.15, -0.1) is 0 Å². The Kier molecular flexibility index (Phi) is 6.88. The number of aromatic amines is 1. The minimum atomic E-state index is -0.418. The molecule has 2 aromatic carbocycles. The molecular formula is C26H27N3O4. The van der Waals surface area contributed by atoms with Crippen molar-refractivity contribution in [3.05, 3.63) is 87.7 Å². The molecule has 3 N–H and O–H groups in total. The second kappa shape index (κ2) is 10.2. The van der Waals surface area contributed by atoms with Crippen molar-refractivity contribution in [1.29, 1.82) is 0 Å². The highest BCUT2D eigenvalue weighted by Crippen LogP contribution is 2.19. The van der Waals surface area contributed by atoms with E-state index in [-0.39, 0.29) is 18.1 Å². The molecule has 0 bridgehead atoms. The first-order chi connectivity index (χ1) is 16.0. The molecule has 1 fully saturated rings. The number of benzene rings is 2. The Morgan fingerprint density at radius 1 is 1.06 bits per heavy atom. The van der Waals surface area contributed by atoms with Gasteiger partial charge in [0, 0.05) is 18.3 Å². The first kappa shape index (κ1) is 22.3. The monoisotopic (exact) mass is 445 g/mol. The van der Waals surface area contributed by atoms with Crippen LogP contribution in [0.4, 0.5) is 0 Å². The molecular weight excluding hydrogens is 418 g/mol. The molecule has 0 spiro atoms. The van der Waals surface area contributed by atoms with E-state index in [2.05, 4.69) is 15.6 Å². The summed E-state index contributed by atoms with van der Waals surface area (Å²) in [6.07, 6.45) is 2.70. The second-order valence-electron chi connectivity index (χ2n) is 8.26. The standard InChI is InChI=1S/C26H27N3O4/c1-17-3-2-4-19(15-17)23-12-11-22(26(32)29-23)25(31)27-14-13-18-5-9-21(10-6-18)33-16-24(30)28-20-7-8-20/h2-6,9-12,15,20H,7-8,13-14,16H2,1H3,(H,27,31)(H,28,30)(H,29,32). The summed E-state index contributed by atoms with van der Waals surface area (Å²) in [5, 5.41) is 5.67. The number of hydrogen-bond acceptors (Lipinski definition) is 4. The normalized spacial score (nSPS) is 12.8. The fraction of sp³-hybridized carbons (Fsp3) is 0.269. The first-order valence-electron chi connectivity index (χ1n) is 11.1. The molecule has 0 radical (unpaired) electrons. The Labute approximate surface area is 192 Å². The summed E-state index contributed by atoms with van der Waals surface area (Å²) in [5.74, 6) is 0.105. The lowest BCUT2D eigenvalue weighted by molar-refractivity contribution is -0.123. The summed E-state index contributed by atoms with van der Waals surface area (Å²) in [7, 11) is 0. The van der Waals surface area contributed by atoms with E-state index in [1.54, 1.807) is 24.3 Å². The number of carbonyl (C=O) groups is 2. The van der Waals surface area contributed by atoms with Crippen molar-refractivity contribution in [2.45, 2.75) is 32.2 Å². The third-order valence-electron chi connectivity index (χ3n) is 5.42. The second-order valence-corrected chi connectivity index (χ2v) is 8.26. The predicted octanol–water partition coefficient (Wildman–Crippen LogP) is 2.98. The maximum Gasteiger partial charge on any atom is 0.261 e. The fourth-order valence-electron chi connectivity index (χ4n) is 3.45. The van der Waals surface area contributed by atoms with Crippen LogP contribution in [0, 0.1) is 6.92 Å². The molecule has 0 unspecified atom stereocenters. The van der Waals surface area contributed by atoms with Gasteiger partial charge in [0.25, 0.3) is 17.4 Å². The van der Waals surface area contributed by atoms with Crippen LogP contribution < -0.4 is 20.9 Å². The summed E-state index contributed by atoms with van der Waals surface area (Å²) in [5.41, 5.74) is 3.34. The van der Waals surface area contributed by atoms with E-state index in [1.807, 2.05) is 43.3 Å². The number of ether oxygens (including phenoxy) is 1. The van der Waals surface area contributed by atoms with Gasteiger partial charge in [-0.3, -0.25) is 14.4 Å². The van der Waals surface area contributed by atoms with Crippen LogP contribution in [0.3, 0.4) is 0 Å². The molecule has 3 aromatic rings. The van der Waals surface area contributed by atoms with Gasteiger partial charge in [-0.05, 0) is 67.6 Å². The van der Waals surface area contributed by atoms with E-state index in [0.29, 0.717) is 30.5 Å². The molecule has 2 amide bonds. The maximum absolute atomic E-state index is 12.5. The molecule has 1 saturated carbocycles. The van der Waals surface area contributed by atoms with Gasteiger partial charge >= 0.3 is 0 Å². The van der Waals surface area contributed by atoms with Crippen molar-refractivity contribution in [3.8, 4) is 17.0 Å². The zero-order valence-electron chi connectivity index (χ0n) is 18.5. The first-order valence-corrected chi connectivity index (χ1v) is 11.1. The molecule has 7 heteroatoms. The van der Waals surface area contributed by atoms with Gasteiger partial charge in [0.1, 0.15) is 11.3 Å². The maximum atomic E-state index is 12.5. The van der Waals surface area contributed by atoms with Crippen molar-refractivity contribution >= 4 is 11.8 Å². The Bertz CT molecular complexity index is 1200. The van der Waals surface area contributed by atoms with Gasteiger partial charge in [-0.1, -0.05) is 35.9 Å². The number of aryl methyl sites for hydroxylation is 1. The Morgan fingerprint density at radius 2 is 1.85 bits per heavy atom. The summed E-state index contributed by atoms with van der Waals surface area (Å²) in [6.45, 7) is 2.38. The van der Waals surface area contributed by atoms with Crippen LogP contribution in [-0.2, 0) is 11.2 Å². The number of rotatable bonds is 9. The van der Waals surface area contributed by atoms with Crippen LogP contribution in [0.25, 0.3) is 11.3 Å². The van der Waals surface area contributed by atoms with E-state index in [9.17, 15) is 14.4 Å². The van der Waals surface area contributed by atoms with Crippen molar-refractivity contribution < 1.29 is 14.3 Å². The van der Waals surface area contributed by atoms with Gasteiger partial charge in [-0.2, -0.15) is 0 Å². The Balaban J connectivity index is 1.25. The number of nitrogens with one attached hydrogen (secondary N) is 3. The highest BCUT2D eigenvalue weighted by molar-refractivity contribution is 5.94. The summed E-state index contributed by atoms with van der Waals surface area (Å²) >= 11 is 0. The highest BCUT2D eigenvalue weighted by Gasteiger charge is 2.23. The number of hydrogen-bond donors (Lipinski definition) is 3. The number of amides is 2. The van der Waals surface area contributed by atoms with Crippen LogP contribution in [0.2, 0.25) is 0 Å². The van der Waals surface area contributed by atoms with Crippen LogP contribution in [0.5, 0.6) is 5.75 Å². The Hall–Kier alpha value is -3.87. The van der Waals surface area contributed by atoms with Gasteiger partial charge in [-0.25, -0.2) is 0 Å². The van der Waals surface area contributed by atoms with Crippen LogP contribution in [0.1, 0.15) is 34.3 Å². The summed E-state index contributed by atoms with van der Waals surface area (Å²) in [4.78, 5) is 39.3. The molecule has 1 aliphatic rings. The molecule has 0 atom stereocenters. The molecule has 7 nitrogen and oxygen atoms in total. The number of aromatic nitrogens is 1. The molecule has 0 saturated heterocycles. The van der Waals surface area contributed by atoms with Crippen molar-refractivity contribution in [3.63, 3.8) is 0 Å². The quantitative estimate of drug-likeness (QED) is 0.471. The summed E-state index contributed by atoms with van der Waals surface area (Å²) < 4.78 is 5.49. The molecule has 1 aromatic heterocycles. The van der Waals surface area contributed by atoms with E-state index < -0.39 is 11.5 Å². The average Bonchev–Trinajstić information content (AvgIpc) is 3.62.